The van der Waals surface area contributed by atoms with E-state index in [0.717, 1.165) is 38.5 Å². The Kier molecular flexibility index (Phi) is 6.06. The van der Waals surface area contributed by atoms with Gasteiger partial charge in [-0.3, -0.25) is 9.59 Å². The molecule has 1 fully saturated rings. The first-order valence-electron chi connectivity index (χ1n) is 6.99. The number of rotatable bonds is 3. The highest BCUT2D eigenvalue weighted by Crippen LogP contribution is 2.32. The third kappa shape index (κ3) is 6.41. The molecule has 0 saturated heterocycles. The van der Waals surface area contributed by atoms with Gasteiger partial charge in [-0.05, 0) is 50.5 Å². The van der Waals surface area contributed by atoms with Gasteiger partial charge < -0.3 is 9.84 Å². The Morgan fingerprint density at radius 1 is 1.37 bits per heavy atom. The van der Waals surface area contributed by atoms with Gasteiger partial charge in [0, 0.05) is 6.92 Å². The first-order valence-corrected chi connectivity index (χ1v) is 6.99. The predicted molar refractivity (Wildman–Crippen MR) is 72.7 cm³/mol. The summed E-state index contributed by atoms with van der Waals surface area (Å²) in [5.74, 6) is 0.192. The first kappa shape index (κ1) is 15.7. The second-order valence-corrected chi connectivity index (χ2v) is 5.53. The van der Waals surface area contributed by atoms with Crippen molar-refractivity contribution >= 4 is 11.9 Å². The highest BCUT2D eigenvalue weighted by atomic mass is 16.5. The van der Waals surface area contributed by atoms with Gasteiger partial charge in [0.2, 0.25) is 0 Å². The standard InChI is InChI=1S/C13H20O2.C2H4O2/c1-9-3-5-11(6-4-9)10(2)15-13(14)12-7-8-12;1-2(3)4/h5,9-10,12H,3-4,6-8H2,1-2H3;1H3,(H,3,4)/t9-,10?;/m0./s1. The molecular formula is C15H24O4. The van der Waals surface area contributed by atoms with E-state index in [0.29, 0.717) is 0 Å². The molecule has 4 nitrogen and oxygen atoms in total. The lowest BCUT2D eigenvalue weighted by atomic mass is 9.89. The van der Waals surface area contributed by atoms with Crippen LogP contribution in [0.1, 0.15) is 52.9 Å². The number of hydrogen-bond donors (Lipinski definition) is 1. The van der Waals surface area contributed by atoms with Crippen molar-refractivity contribution in [1.29, 1.82) is 0 Å². The van der Waals surface area contributed by atoms with Crippen molar-refractivity contribution in [1.82, 2.24) is 0 Å². The maximum atomic E-state index is 11.5. The summed E-state index contributed by atoms with van der Waals surface area (Å²) in [5, 5.41) is 7.42. The van der Waals surface area contributed by atoms with Gasteiger partial charge in [-0.2, -0.15) is 0 Å². The highest BCUT2D eigenvalue weighted by Gasteiger charge is 2.32. The average Bonchev–Trinajstić information content (AvgIpc) is 3.12. The van der Waals surface area contributed by atoms with Crippen LogP contribution in [-0.2, 0) is 14.3 Å². The molecular weight excluding hydrogens is 244 g/mol. The van der Waals surface area contributed by atoms with Crippen LogP contribution >= 0.6 is 0 Å². The minimum absolute atomic E-state index is 0.00519. The molecule has 0 heterocycles. The fourth-order valence-electron chi connectivity index (χ4n) is 2.02. The van der Waals surface area contributed by atoms with Crippen LogP contribution in [0.2, 0.25) is 0 Å². The lowest BCUT2D eigenvalue weighted by molar-refractivity contribution is -0.148. The summed E-state index contributed by atoms with van der Waals surface area (Å²) >= 11 is 0. The molecule has 4 heteroatoms. The molecule has 1 N–H and O–H groups in total. The van der Waals surface area contributed by atoms with Gasteiger partial charge >= 0.3 is 5.97 Å². The SMILES string of the molecule is CC(=O)O.CC(OC(=O)C1CC1)C1=CC[C@H](C)CC1. The van der Waals surface area contributed by atoms with Crippen LogP contribution in [0.25, 0.3) is 0 Å². The smallest absolute Gasteiger partial charge is 0.309 e. The summed E-state index contributed by atoms with van der Waals surface area (Å²) in [6.45, 7) is 5.36. The lowest BCUT2D eigenvalue weighted by Crippen LogP contribution is -2.20. The molecule has 1 saturated carbocycles. The van der Waals surface area contributed by atoms with E-state index in [9.17, 15) is 4.79 Å². The Labute approximate surface area is 114 Å². The van der Waals surface area contributed by atoms with Crippen LogP contribution < -0.4 is 0 Å². The number of carbonyl (C=O) groups excluding carboxylic acids is 1. The van der Waals surface area contributed by atoms with E-state index in [-0.39, 0.29) is 18.0 Å². The fourth-order valence-corrected chi connectivity index (χ4v) is 2.02. The number of carbonyl (C=O) groups is 2. The van der Waals surface area contributed by atoms with Gasteiger partial charge in [-0.25, -0.2) is 0 Å². The summed E-state index contributed by atoms with van der Waals surface area (Å²) in [7, 11) is 0. The molecule has 108 valence electrons. The number of allylic oxidation sites excluding steroid dienone is 1. The van der Waals surface area contributed by atoms with E-state index in [1.54, 1.807) is 0 Å². The van der Waals surface area contributed by atoms with Crippen LogP contribution in [0.3, 0.4) is 0 Å². The molecule has 1 unspecified atom stereocenters. The molecule has 0 bridgehead atoms. The summed E-state index contributed by atoms with van der Waals surface area (Å²) < 4.78 is 5.44. The fraction of sp³-hybridized carbons (Fsp3) is 0.733. The Morgan fingerprint density at radius 2 is 1.95 bits per heavy atom. The largest absolute Gasteiger partial charge is 0.481 e. The van der Waals surface area contributed by atoms with Gasteiger partial charge in [-0.15, -0.1) is 0 Å². The van der Waals surface area contributed by atoms with Crippen molar-refractivity contribution in [2.75, 3.05) is 0 Å². The second-order valence-electron chi connectivity index (χ2n) is 5.53. The normalized spacial score (nSPS) is 23.5. The van der Waals surface area contributed by atoms with Crippen molar-refractivity contribution in [2.45, 2.75) is 59.0 Å². The highest BCUT2D eigenvalue weighted by molar-refractivity contribution is 5.75. The van der Waals surface area contributed by atoms with Gasteiger partial charge in [0.25, 0.3) is 5.97 Å². The quantitative estimate of drug-likeness (QED) is 0.630. The van der Waals surface area contributed by atoms with Crippen molar-refractivity contribution in [3.8, 4) is 0 Å². The lowest BCUT2D eigenvalue weighted by Gasteiger charge is -2.23. The van der Waals surface area contributed by atoms with Gasteiger partial charge in [-0.1, -0.05) is 13.0 Å². The second kappa shape index (κ2) is 7.31. The van der Waals surface area contributed by atoms with E-state index in [2.05, 4.69) is 13.0 Å². The maximum Gasteiger partial charge on any atom is 0.309 e. The van der Waals surface area contributed by atoms with E-state index in [1.165, 1.54) is 12.0 Å². The van der Waals surface area contributed by atoms with Crippen molar-refractivity contribution in [3.63, 3.8) is 0 Å². The molecule has 2 aliphatic carbocycles. The number of ether oxygens (including phenoxy) is 1. The molecule has 19 heavy (non-hydrogen) atoms. The number of carboxylic acid groups (broad SMARTS) is 1. The van der Waals surface area contributed by atoms with Crippen LogP contribution in [0, 0.1) is 11.8 Å². The van der Waals surface area contributed by atoms with Crippen LogP contribution in [-0.4, -0.2) is 23.1 Å². The van der Waals surface area contributed by atoms with Crippen LogP contribution in [0.4, 0.5) is 0 Å². The molecule has 0 amide bonds. The molecule has 2 aliphatic rings. The molecule has 2 rings (SSSR count). The molecule has 0 aromatic carbocycles. The predicted octanol–water partition coefficient (Wildman–Crippen LogP) is 3.17. The molecule has 0 aromatic heterocycles. The van der Waals surface area contributed by atoms with Gasteiger partial charge in [0.05, 0.1) is 5.92 Å². The van der Waals surface area contributed by atoms with E-state index in [4.69, 9.17) is 14.6 Å². The van der Waals surface area contributed by atoms with Crippen LogP contribution in [0.5, 0.6) is 0 Å². The Balaban J connectivity index is 0.000000399. The minimum Gasteiger partial charge on any atom is -0.481 e. The molecule has 0 aliphatic heterocycles. The number of esters is 1. The topological polar surface area (TPSA) is 63.6 Å². The average molecular weight is 268 g/mol. The van der Waals surface area contributed by atoms with E-state index in [1.807, 2.05) is 6.92 Å². The third-order valence-electron chi connectivity index (χ3n) is 3.43. The zero-order valence-corrected chi connectivity index (χ0v) is 12.0. The monoisotopic (exact) mass is 268 g/mol. The summed E-state index contributed by atoms with van der Waals surface area (Å²) in [6.07, 6.45) is 7.80. The third-order valence-corrected chi connectivity index (χ3v) is 3.43. The Hall–Kier alpha value is -1.32. The van der Waals surface area contributed by atoms with Gasteiger partial charge in [0.15, 0.2) is 0 Å². The maximum absolute atomic E-state index is 11.5. The summed E-state index contributed by atoms with van der Waals surface area (Å²) in [4.78, 5) is 20.5. The van der Waals surface area contributed by atoms with Gasteiger partial charge in [0.1, 0.15) is 6.10 Å². The van der Waals surface area contributed by atoms with E-state index >= 15 is 0 Å². The van der Waals surface area contributed by atoms with Crippen molar-refractivity contribution < 1.29 is 19.4 Å². The molecule has 0 spiro atoms. The zero-order valence-electron chi connectivity index (χ0n) is 12.0. The zero-order chi connectivity index (χ0) is 14.4. The number of carboxylic acids is 1. The number of hydrogen-bond acceptors (Lipinski definition) is 3. The first-order chi connectivity index (χ1) is 8.90. The van der Waals surface area contributed by atoms with Crippen molar-refractivity contribution in [2.24, 2.45) is 11.8 Å². The van der Waals surface area contributed by atoms with Crippen molar-refractivity contribution in [3.05, 3.63) is 11.6 Å². The Bertz CT molecular complexity index is 351. The van der Waals surface area contributed by atoms with Crippen LogP contribution in [0.15, 0.2) is 11.6 Å². The minimum atomic E-state index is -0.833. The molecule has 0 aromatic rings. The Morgan fingerprint density at radius 3 is 2.37 bits per heavy atom. The number of aliphatic carboxylic acids is 1. The summed E-state index contributed by atoms with van der Waals surface area (Å²) in [5.41, 5.74) is 1.32. The summed E-state index contributed by atoms with van der Waals surface area (Å²) in [6, 6.07) is 0. The van der Waals surface area contributed by atoms with E-state index < -0.39 is 5.97 Å². The molecule has 0 radical (unpaired) electrons. The molecule has 2 atom stereocenters.